The molecule has 0 aromatic carbocycles. The molecule has 3 atom stereocenters. The van der Waals surface area contributed by atoms with Gasteiger partial charge in [-0.25, -0.2) is 13.1 Å². The molecule has 114 valence electrons. The second-order valence-electron chi connectivity index (χ2n) is 5.82. The molecule has 2 N–H and O–H groups in total. The average Bonchev–Trinajstić information content (AvgIpc) is 2.83. The maximum atomic E-state index is 12.4. The quantitative estimate of drug-likeness (QED) is 0.876. The van der Waals surface area contributed by atoms with Crippen molar-refractivity contribution in [1.82, 2.24) is 4.72 Å². The number of aliphatic hydroxyl groups is 1. The number of nitrogens with one attached hydrogen (secondary N) is 1. The fourth-order valence-electron chi connectivity index (χ4n) is 2.85. The largest absolute Gasteiger partial charge is 0.396 e. The smallest absolute Gasteiger partial charge is 0.250 e. The summed E-state index contributed by atoms with van der Waals surface area (Å²) in [6.07, 6.45) is 3.58. The van der Waals surface area contributed by atoms with Crippen LogP contribution in [0.15, 0.2) is 16.3 Å². The minimum atomic E-state index is -3.42. The van der Waals surface area contributed by atoms with Crippen LogP contribution in [0, 0.1) is 11.8 Å². The number of aliphatic hydroxyl groups excluding tert-OH is 1. The average molecular weight is 317 g/mol. The lowest BCUT2D eigenvalue weighted by Gasteiger charge is -2.32. The van der Waals surface area contributed by atoms with Crippen molar-refractivity contribution in [3.05, 3.63) is 17.0 Å². The molecule has 0 radical (unpaired) electrons. The minimum absolute atomic E-state index is 0.0413. The van der Waals surface area contributed by atoms with Crippen LogP contribution in [0.25, 0.3) is 0 Å². The van der Waals surface area contributed by atoms with Crippen LogP contribution in [0.3, 0.4) is 0 Å². The molecule has 2 rings (SSSR count). The van der Waals surface area contributed by atoms with E-state index in [0.717, 1.165) is 24.1 Å². The first-order chi connectivity index (χ1) is 9.42. The molecule has 0 saturated heterocycles. The van der Waals surface area contributed by atoms with Crippen LogP contribution in [0.2, 0.25) is 0 Å². The highest BCUT2D eigenvalue weighted by atomic mass is 32.2. The Morgan fingerprint density at radius 2 is 2.10 bits per heavy atom. The van der Waals surface area contributed by atoms with E-state index in [2.05, 4.69) is 18.6 Å². The summed E-state index contributed by atoms with van der Waals surface area (Å²) in [4.78, 5) is 0.901. The van der Waals surface area contributed by atoms with Gasteiger partial charge in [0.1, 0.15) is 4.21 Å². The number of sulfonamides is 1. The van der Waals surface area contributed by atoms with Gasteiger partial charge in [-0.3, -0.25) is 0 Å². The molecule has 1 aliphatic rings. The maximum absolute atomic E-state index is 12.4. The molecular weight excluding hydrogens is 294 g/mol. The van der Waals surface area contributed by atoms with Crippen LogP contribution in [0.1, 0.15) is 38.0 Å². The fraction of sp³-hybridized carbons (Fsp3) is 0.714. The number of rotatable bonds is 5. The Morgan fingerprint density at radius 3 is 2.75 bits per heavy atom. The maximum Gasteiger partial charge on any atom is 0.250 e. The first-order valence-electron chi connectivity index (χ1n) is 7.14. The van der Waals surface area contributed by atoms with Gasteiger partial charge in [0.05, 0.1) is 0 Å². The van der Waals surface area contributed by atoms with Crippen LogP contribution < -0.4 is 4.72 Å². The van der Waals surface area contributed by atoms with E-state index in [-0.39, 0.29) is 12.6 Å². The predicted octanol–water partition coefficient (Wildman–Crippen LogP) is 2.39. The Morgan fingerprint density at radius 1 is 1.35 bits per heavy atom. The van der Waals surface area contributed by atoms with Gasteiger partial charge in [0.25, 0.3) is 0 Å². The van der Waals surface area contributed by atoms with Crippen LogP contribution in [-0.4, -0.2) is 26.2 Å². The molecule has 4 nitrogen and oxygen atoms in total. The summed E-state index contributed by atoms with van der Waals surface area (Å²) in [5, 5.41) is 8.89. The lowest BCUT2D eigenvalue weighted by atomic mass is 9.80. The van der Waals surface area contributed by atoms with Gasteiger partial charge in [-0.2, -0.15) is 0 Å². The highest BCUT2D eigenvalue weighted by Crippen LogP contribution is 2.30. The van der Waals surface area contributed by atoms with E-state index in [0.29, 0.717) is 22.5 Å². The van der Waals surface area contributed by atoms with Gasteiger partial charge < -0.3 is 5.11 Å². The molecule has 0 aliphatic heterocycles. The van der Waals surface area contributed by atoms with Crippen molar-refractivity contribution < 1.29 is 13.5 Å². The van der Waals surface area contributed by atoms with Crippen LogP contribution >= 0.6 is 11.3 Å². The summed E-state index contributed by atoms with van der Waals surface area (Å²) in [5.74, 6) is 1.06. The van der Waals surface area contributed by atoms with E-state index in [9.17, 15) is 8.42 Å². The Labute approximate surface area is 125 Å². The third-order valence-electron chi connectivity index (χ3n) is 4.00. The van der Waals surface area contributed by atoms with Gasteiger partial charge in [0, 0.05) is 23.9 Å². The van der Waals surface area contributed by atoms with E-state index in [1.54, 1.807) is 12.1 Å². The van der Waals surface area contributed by atoms with E-state index >= 15 is 0 Å². The van der Waals surface area contributed by atoms with Crippen LogP contribution in [0.4, 0.5) is 0 Å². The molecule has 3 unspecified atom stereocenters. The minimum Gasteiger partial charge on any atom is -0.396 e. The number of hydrogen-bond donors (Lipinski definition) is 2. The van der Waals surface area contributed by atoms with E-state index in [4.69, 9.17) is 5.11 Å². The molecule has 1 fully saturated rings. The Balaban J connectivity index is 2.06. The second kappa shape index (κ2) is 6.56. The molecule has 0 spiro atoms. The summed E-state index contributed by atoms with van der Waals surface area (Å²) in [6, 6.07) is 3.45. The summed E-state index contributed by atoms with van der Waals surface area (Å²) < 4.78 is 28.0. The molecule has 1 aliphatic carbocycles. The van der Waals surface area contributed by atoms with Gasteiger partial charge >= 0.3 is 0 Å². The SMILES string of the molecule is CC1CCC(NS(=O)(=O)c2ccc(CCO)s2)C(C)C1. The summed E-state index contributed by atoms with van der Waals surface area (Å²) in [6.45, 7) is 4.39. The van der Waals surface area contributed by atoms with E-state index in [1.165, 1.54) is 11.3 Å². The molecule has 6 heteroatoms. The molecule has 1 aromatic rings. The second-order valence-corrected chi connectivity index (χ2v) is 8.93. The first kappa shape index (κ1) is 15.9. The molecule has 1 saturated carbocycles. The molecular formula is C14H23NO3S2. The lowest BCUT2D eigenvalue weighted by Crippen LogP contribution is -2.42. The van der Waals surface area contributed by atoms with Crippen LogP contribution in [0.5, 0.6) is 0 Å². The molecule has 1 aromatic heterocycles. The van der Waals surface area contributed by atoms with E-state index < -0.39 is 10.0 Å². The highest BCUT2D eigenvalue weighted by molar-refractivity contribution is 7.91. The molecule has 20 heavy (non-hydrogen) atoms. The van der Waals surface area contributed by atoms with Crippen molar-refractivity contribution in [2.24, 2.45) is 11.8 Å². The normalized spacial score (nSPS) is 27.6. The topological polar surface area (TPSA) is 66.4 Å². The van der Waals surface area contributed by atoms with Crippen molar-refractivity contribution in [3.8, 4) is 0 Å². The zero-order chi connectivity index (χ0) is 14.8. The van der Waals surface area contributed by atoms with Gasteiger partial charge in [-0.1, -0.05) is 13.8 Å². The Hall–Kier alpha value is -0.430. The van der Waals surface area contributed by atoms with Crippen molar-refractivity contribution in [1.29, 1.82) is 0 Å². The summed E-state index contributed by atoms with van der Waals surface area (Å²) in [7, 11) is -3.42. The molecule has 0 bridgehead atoms. The van der Waals surface area contributed by atoms with Crippen molar-refractivity contribution in [2.75, 3.05) is 6.61 Å². The van der Waals surface area contributed by atoms with Crippen molar-refractivity contribution >= 4 is 21.4 Å². The highest BCUT2D eigenvalue weighted by Gasteiger charge is 2.29. The summed E-state index contributed by atoms with van der Waals surface area (Å²) >= 11 is 1.24. The fourth-order valence-corrected chi connectivity index (χ4v) is 5.59. The monoisotopic (exact) mass is 317 g/mol. The van der Waals surface area contributed by atoms with Gasteiger partial charge in [0.2, 0.25) is 10.0 Å². The predicted molar refractivity (Wildman–Crippen MR) is 81.4 cm³/mol. The van der Waals surface area contributed by atoms with Crippen molar-refractivity contribution in [2.45, 2.75) is 49.8 Å². The number of hydrogen-bond acceptors (Lipinski definition) is 4. The standard InChI is InChI=1S/C14H23NO3S2/c1-10-3-5-13(11(2)9-10)15-20(17,18)14-6-4-12(19-14)7-8-16/h4,6,10-11,13,15-16H,3,5,7-9H2,1-2H3. The van der Waals surface area contributed by atoms with Gasteiger partial charge in [0.15, 0.2) is 0 Å². The molecule has 0 amide bonds. The van der Waals surface area contributed by atoms with Crippen LogP contribution in [-0.2, 0) is 16.4 Å². The third-order valence-corrected chi connectivity index (χ3v) is 7.12. The zero-order valence-corrected chi connectivity index (χ0v) is 13.6. The lowest BCUT2D eigenvalue weighted by molar-refractivity contribution is 0.249. The first-order valence-corrected chi connectivity index (χ1v) is 9.44. The zero-order valence-electron chi connectivity index (χ0n) is 12.0. The van der Waals surface area contributed by atoms with Crippen molar-refractivity contribution in [3.63, 3.8) is 0 Å². The Kier molecular flexibility index (Phi) is 5.23. The van der Waals surface area contributed by atoms with Gasteiger partial charge in [-0.05, 0) is 43.2 Å². The van der Waals surface area contributed by atoms with E-state index in [1.807, 2.05) is 0 Å². The Bertz CT molecular complexity index is 538. The number of thiophene rings is 1. The summed E-state index contributed by atoms with van der Waals surface area (Å²) in [5.41, 5.74) is 0. The molecule has 1 heterocycles. The third kappa shape index (κ3) is 3.81. The van der Waals surface area contributed by atoms with Gasteiger partial charge in [-0.15, -0.1) is 11.3 Å².